The van der Waals surface area contributed by atoms with E-state index in [9.17, 15) is 4.79 Å². The molecule has 2 aromatic rings. The lowest BCUT2D eigenvalue weighted by molar-refractivity contribution is 0.121. The maximum absolute atomic E-state index is 12.0. The van der Waals surface area contributed by atoms with Gasteiger partial charge < -0.3 is 9.47 Å². The molecule has 2 N–H and O–H groups in total. The van der Waals surface area contributed by atoms with Crippen LogP contribution in [0.15, 0.2) is 59.7 Å². The first-order valence-corrected chi connectivity index (χ1v) is 8.68. The molecule has 2 aromatic carbocycles. The average molecular weight is 353 g/mol. The van der Waals surface area contributed by atoms with Crippen molar-refractivity contribution >= 4 is 18.0 Å². The van der Waals surface area contributed by atoms with Gasteiger partial charge in [0.2, 0.25) is 0 Å². The second-order valence-electron chi connectivity index (χ2n) is 6.33. The highest BCUT2D eigenvalue weighted by molar-refractivity contribution is 5.84. The molecule has 3 atom stereocenters. The number of nitrogens with one attached hydrogen (secondary N) is 2. The van der Waals surface area contributed by atoms with Crippen LogP contribution in [0.2, 0.25) is 0 Å². The van der Waals surface area contributed by atoms with Gasteiger partial charge in [-0.25, -0.2) is 4.79 Å². The van der Waals surface area contributed by atoms with Gasteiger partial charge >= 0.3 is 6.09 Å². The molecule has 3 unspecified atom stereocenters. The van der Waals surface area contributed by atoms with E-state index in [1.165, 1.54) is 0 Å². The van der Waals surface area contributed by atoms with Crippen molar-refractivity contribution in [3.8, 4) is 5.75 Å². The van der Waals surface area contributed by atoms with Gasteiger partial charge in [0.1, 0.15) is 11.9 Å². The van der Waals surface area contributed by atoms with Crippen LogP contribution < -0.4 is 15.5 Å². The SMILES string of the molecule is CC1C=NNC(Oc2ccc(NC(=O)OC(C)c3ccccc3)cc2)C1. The molecule has 0 radical (unpaired) electrons. The zero-order valence-corrected chi connectivity index (χ0v) is 14.9. The van der Waals surface area contributed by atoms with Gasteiger partial charge in [0.15, 0.2) is 6.23 Å². The molecule has 0 aliphatic carbocycles. The minimum absolute atomic E-state index is 0.148. The summed E-state index contributed by atoms with van der Waals surface area (Å²) in [6.45, 7) is 3.93. The lowest BCUT2D eigenvalue weighted by Gasteiger charge is -2.24. The van der Waals surface area contributed by atoms with Crippen LogP contribution in [0.25, 0.3) is 0 Å². The third-order valence-corrected chi connectivity index (χ3v) is 4.07. The Balaban J connectivity index is 1.50. The molecule has 3 rings (SSSR count). The van der Waals surface area contributed by atoms with E-state index in [0.29, 0.717) is 17.4 Å². The molecule has 0 aromatic heterocycles. The first kappa shape index (κ1) is 17.8. The number of hydrogen-bond acceptors (Lipinski definition) is 5. The second kappa shape index (κ2) is 8.38. The molecule has 6 nitrogen and oxygen atoms in total. The molecule has 26 heavy (non-hydrogen) atoms. The summed E-state index contributed by atoms with van der Waals surface area (Å²) in [6.07, 6.45) is 1.76. The third kappa shape index (κ3) is 4.99. The van der Waals surface area contributed by atoms with E-state index in [2.05, 4.69) is 22.8 Å². The number of rotatable bonds is 5. The molecule has 1 aliphatic rings. The zero-order valence-electron chi connectivity index (χ0n) is 14.9. The van der Waals surface area contributed by atoms with Crippen LogP contribution in [-0.2, 0) is 4.74 Å². The quantitative estimate of drug-likeness (QED) is 0.840. The predicted octanol–water partition coefficient (Wildman–Crippen LogP) is 4.32. The van der Waals surface area contributed by atoms with Crippen molar-refractivity contribution in [1.29, 1.82) is 0 Å². The highest BCUT2D eigenvalue weighted by Gasteiger charge is 2.17. The Morgan fingerprint density at radius 2 is 1.92 bits per heavy atom. The Morgan fingerprint density at radius 3 is 2.62 bits per heavy atom. The first-order chi connectivity index (χ1) is 12.6. The number of carbonyl (C=O) groups excluding carboxylic acids is 1. The highest BCUT2D eigenvalue weighted by Crippen LogP contribution is 2.21. The summed E-state index contributed by atoms with van der Waals surface area (Å²) in [5.74, 6) is 1.09. The first-order valence-electron chi connectivity index (χ1n) is 8.68. The number of amides is 1. The van der Waals surface area contributed by atoms with Crippen molar-refractivity contribution < 1.29 is 14.3 Å². The minimum atomic E-state index is -0.493. The maximum Gasteiger partial charge on any atom is 0.412 e. The van der Waals surface area contributed by atoms with E-state index in [4.69, 9.17) is 9.47 Å². The average Bonchev–Trinajstić information content (AvgIpc) is 2.64. The number of carbonyl (C=O) groups is 1. The standard InChI is InChI=1S/C20H23N3O3/c1-14-12-19(23-21-13-14)26-18-10-8-17(9-11-18)22-20(24)25-15(2)16-6-4-3-5-7-16/h3-11,13-15,19,23H,12H2,1-2H3,(H,22,24). The van der Waals surface area contributed by atoms with Crippen LogP contribution in [0.5, 0.6) is 5.75 Å². The van der Waals surface area contributed by atoms with E-state index < -0.39 is 6.09 Å². The molecule has 0 bridgehead atoms. The monoisotopic (exact) mass is 353 g/mol. The van der Waals surface area contributed by atoms with Crippen molar-refractivity contribution in [2.45, 2.75) is 32.6 Å². The topological polar surface area (TPSA) is 72.0 Å². The van der Waals surface area contributed by atoms with E-state index in [1.807, 2.05) is 43.5 Å². The molecule has 0 spiro atoms. The number of hydrogen-bond donors (Lipinski definition) is 2. The zero-order chi connectivity index (χ0) is 18.4. The fourth-order valence-corrected chi connectivity index (χ4v) is 2.66. The van der Waals surface area contributed by atoms with E-state index in [0.717, 1.165) is 12.0 Å². The summed E-state index contributed by atoms with van der Waals surface area (Å²) in [6, 6.07) is 16.8. The van der Waals surface area contributed by atoms with Crippen LogP contribution in [0.3, 0.4) is 0 Å². The molecule has 1 amide bonds. The van der Waals surface area contributed by atoms with E-state index >= 15 is 0 Å². The molecular weight excluding hydrogens is 330 g/mol. The molecule has 136 valence electrons. The van der Waals surface area contributed by atoms with Crippen LogP contribution in [-0.4, -0.2) is 18.5 Å². The predicted molar refractivity (Wildman–Crippen MR) is 101 cm³/mol. The van der Waals surface area contributed by atoms with Crippen LogP contribution in [0.1, 0.15) is 31.9 Å². The van der Waals surface area contributed by atoms with Crippen LogP contribution in [0, 0.1) is 5.92 Å². The van der Waals surface area contributed by atoms with Gasteiger partial charge in [0.05, 0.1) is 0 Å². The van der Waals surface area contributed by atoms with Gasteiger partial charge in [0.25, 0.3) is 0 Å². The Labute approximate surface area is 153 Å². The summed E-state index contributed by atoms with van der Waals surface area (Å²) in [5.41, 5.74) is 4.53. The van der Waals surface area contributed by atoms with E-state index in [-0.39, 0.29) is 12.3 Å². The lowest BCUT2D eigenvalue weighted by Crippen LogP contribution is -2.36. The van der Waals surface area contributed by atoms with Gasteiger partial charge in [-0.05, 0) is 42.7 Å². The van der Waals surface area contributed by atoms with Crippen LogP contribution in [0.4, 0.5) is 10.5 Å². The highest BCUT2D eigenvalue weighted by atomic mass is 16.6. The maximum atomic E-state index is 12.0. The van der Waals surface area contributed by atoms with Crippen molar-refractivity contribution in [3.05, 3.63) is 60.2 Å². The summed E-state index contributed by atoms with van der Waals surface area (Å²) in [4.78, 5) is 12.0. The van der Waals surface area contributed by atoms with Gasteiger partial charge in [0, 0.05) is 18.3 Å². The second-order valence-corrected chi connectivity index (χ2v) is 6.33. The third-order valence-electron chi connectivity index (χ3n) is 4.07. The Hall–Kier alpha value is -3.02. The number of anilines is 1. The summed E-state index contributed by atoms with van der Waals surface area (Å²) >= 11 is 0. The van der Waals surface area contributed by atoms with Gasteiger partial charge in [-0.3, -0.25) is 10.7 Å². The summed E-state index contributed by atoms with van der Waals surface area (Å²) in [7, 11) is 0. The summed E-state index contributed by atoms with van der Waals surface area (Å²) in [5, 5.41) is 6.80. The number of ether oxygens (including phenoxy) is 2. The molecule has 0 saturated heterocycles. The Bertz CT molecular complexity index is 747. The molecule has 1 aliphatic heterocycles. The molecular formula is C20H23N3O3. The molecule has 1 heterocycles. The van der Waals surface area contributed by atoms with Gasteiger partial charge in [-0.1, -0.05) is 37.3 Å². The number of hydrazone groups is 1. The largest absolute Gasteiger partial charge is 0.469 e. The van der Waals surface area contributed by atoms with E-state index in [1.54, 1.807) is 24.3 Å². The van der Waals surface area contributed by atoms with Crippen LogP contribution >= 0.6 is 0 Å². The lowest BCUT2D eigenvalue weighted by atomic mass is 10.1. The fourth-order valence-electron chi connectivity index (χ4n) is 2.66. The molecule has 0 fully saturated rings. The van der Waals surface area contributed by atoms with Crippen molar-refractivity contribution in [2.24, 2.45) is 11.0 Å². The summed E-state index contributed by atoms with van der Waals surface area (Å²) < 4.78 is 11.2. The van der Waals surface area contributed by atoms with Gasteiger partial charge in [-0.15, -0.1) is 0 Å². The number of nitrogens with zero attached hydrogens (tertiary/aromatic N) is 1. The Morgan fingerprint density at radius 1 is 1.19 bits per heavy atom. The number of benzene rings is 2. The minimum Gasteiger partial charge on any atom is -0.469 e. The fraction of sp³-hybridized carbons (Fsp3) is 0.300. The van der Waals surface area contributed by atoms with Crippen molar-refractivity contribution in [1.82, 2.24) is 5.43 Å². The van der Waals surface area contributed by atoms with Gasteiger partial charge in [-0.2, -0.15) is 5.10 Å². The van der Waals surface area contributed by atoms with Crippen molar-refractivity contribution in [3.63, 3.8) is 0 Å². The van der Waals surface area contributed by atoms with Crippen molar-refractivity contribution in [2.75, 3.05) is 5.32 Å². The molecule has 6 heteroatoms. The Kier molecular flexibility index (Phi) is 5.73. The molecule has 0 saturated carbocycles. The normalized spacial score (nSPS) is 19.9. The smallest absolute Gasteiger partial charge is 0.412 e.